The molecule has 21 heavy (non-hydrogen) atoms. The molecular formula is C18H19NO2. The van der Waals surface area contributed by atoms with Gasteiger partial charge in [0.15, 0.2) is 0 Å². The van der Waals surface area contributed by atoms with E-state index in [1.807, 2.05) is 30.3 Å². The predicted octanol–water partition coefficient (Wildman–Crippen LogP) is 3.12. The summed E-state index contributed by atoms with van der Waals surface area (Å²) in [6.07, 6.45) is 0.686. The Bertz CT molecular complexity index is 624. The molecule has 1 aliphatic rings. The summed E-state index contributed by atoms with van der Waals surface area (Å²) in [6.45, 7) is 2.93. The standard InChI is InChI=1S/C18H19NO2/c1-2-19-16-12-14-10-6-7-11-15(14)17(16)21-18(20)13-8-4-3-5-9-13/h3-11,16-17,19H,2,12H2,1H3. The molecule has 0 aromatic heterocycles. The fourth-order valence-electron chi connectivity index (χ4n) is 2.90. The van der Waals surface area contributed by atoms with Crippen LogP contribution in [0.2, 0.25) is 0 Å². The minimum absolute atomic E-state index is 0.153. The Morgan fingerprint density at radius 3 is 2.62 bits per heavy atom. The average Bonchev–Trinajstić information content (AvgIpc) is 2.86. The van der Waals surface area contributed by atoms with E-state index >= 15 is 0 Å². The van der Waals surface area contributed by atoms with Gasteiger partial charge in [-0.25, -0.2) is 4.79 Å². The maximum Gasteiger partial charge on any atom is 0.338 e. The van der Waals surface area contributed by atoms with E-state index in [9.17, 15) is 4.79 Å². The summed E-state index contributed by atoms with van der Waals surface area (Å²) < 4.78 is 5.79. The molecule has 0 spiro atoms. The Labute approximate surface area is 124 Å². The van der Waals surface area contributed by atoms with E-state index < -0.39 is 0 Å². The Balaban J connectivity index is 1.83. The maximum absolute atomic E-state index is 12.3. The molecule has 3 rings (SSSR count). The quantitative estimate of drug-likeness (QED) is 0.875. The highest BCUT2D eigenvalue weighted by atomic mass is 16.5. The van der Waals surface area contributed by atoms with Gasteiger partial charge in [0, 0.05) is 0 Å². The fraction of sp³-hybridized carbons (Fsp3) is 0.278. The third-order valence-corrected chi connectivity index (χ3v) is 3.88. The van der Waals surface area contributed by atoms with Crippen LogP contribution in [0.1, 0.15) is 34.5 Å². The Morgan fingerprint density at radius 1 is 1.14 bits per heavy atom. The van der Waals surface area contributed by atoms with Gasteiger partial charge < -0.3 is 10.1 Å². The van der Waals surface area contributed by atoms with Crippen molar-refractivity contribution in [1.29, 1.82) is 0 Å². The number of carbonyl (C=O) groups is 1. The lowest BCUT2D eigenvalue weighted by Gasteiger charge is -2.21. The molecular weight excluding hydrogens is 262 g/mol. The van der Waals surface area contributed by atoms with Crippen molar-refractivity contribution in [2.24, 2.45) is 0 Å². The van der Waals surface area contributed by atoms with Crippen LogP contribution in [0.15, 0.2) is 54.6 Å². The van der Waals surface area contributed by atoms with Gasteiger partial charge in [0.2, 0.25) is 0 Å². The number of ether oxygens (including phenoxy) is 1. The van der Waals surface area contributed by atoms with Gasteiger partial charge in [-0.2, -0.15) is 0 Å². The van der Waals surface area contributed by atoms with Gasteiger partial charge in [0.05, 0.1) is 11.6 Å². The molecule has 0 heterocycles. The van der Waals surface area contributed by atoms with E-state index in [1.165, 1.54) is 5.56 Å². The highest BCUT2D eigenvalue weighted by Gasteiger charge is 2.34. The van der Waals surface area contributed by atoms with Gasteiger partial charge in [-0.05, 0) is 36.2 Å². The van der Waals surface area contributed by atoms with E-state index in [4.69, 9.17) is 4.74 Å². The predicted molar refractivity (Wildman–Crippen MR) is 82.2 cm³/mol. The summed E-state index contributed by atoms with van der Waals surface area (Å²) in [5, 5.41) is 3.42. The molecule has 2 atom stereocenters. The van der Waals surface area contributed by atoms with Crippen LogP contribution in [0.3, 0.4) is 0 Å². The zero-order chi connectivity index (χ0) is 14.7. The van der Waals surface area contributed by atoms with Crippen LogP contribution in [0.25, 0.3) is 0 Å². The number of hydrogen-bond acceptors (Lipinski definition) is 3. The minimum atomic E-state index is -0.264. The molecule has 0 fully saturated rings. The summed E-state index contributed by atoms with van der Waals surface area (Å²) in [7, 11) is 0. The lowest BCUT2D eigenvalue weighted by molar-refractivity contribution is 0.0230. The van der Waals surface area contributed by atoms with E-state index in [0.717, 1.165) is 18.5 Å². The average molecular weight is 281 g/mol. The molecule has 1 aliphatic carbocycles. The van der Waals surface area contributed by atoms with Crippen LogP contribution in [0.4, 0.5) is 0 Å². The molecule has 0 amide bonds. The van der Waals surface area contributed by atoms with Crippen molar-refractivity contribution in [2.75, 3.05) is 6.54 Å². The first-order valence-electron chi connectivity index (χ1n) is 7.37. The molecule has 2 aromatic rings. The van der Waals surface area contributed by atoms with Crippen LogP contribution < -0.4 is 5.32 Å². The number of fused-ring (bicyclic) bond motifs is 1. The second-order valence-corrected chi connectivity index (χ2v) is 5.26. The number of nitrogens with one attached hydrogen (secondary N) is 1. The zero-order valence-electron chi connectivity index (χ0n) is 12.1. The monoisotopic (exact) mass is 281 g/mol. The molecule has 0 saturated carbocycles. The molecule has 0 aliphatic heterocycles. The van der Waals surface area contributed by atoms with Crippen molar-refractivity contribution in [3.63, 3.8) is 0 Å². The summed E-state index contributed by atoms with van der Waals surface area (Å²) in [5.74, 6) is -0.264. The topological polar surface area (TPSA) is 38.3 Å². The number of hydrogen-bond donors (Lipinski definition) is 1. The zero-order valence-corrected chi connectivity index (χ0v) is 12.1. The van der Waals surface area contributed by atoms with Crippen molar-refractivity contribution in [3.8, 4) is 0 Å². The number of benzene rings is 2. The third kappa shape index (κ3) is 2.83. The second kappa shape index (κ2) is 6.10. The molecule has 3 nitrogen and oxygen atoms in total. The van der Waals surface area contributed by atoms with Crippen molar-refractivity contribution in [2.45, 2.75) is 25.5 Å². The summed E-state index contributed by atoms with van der Waals surface area (Å²) in [4.78, 5) is 12.3. The smallest absolute Gasteiger partial charge is 0.338 e. The molecule has 2 unspecified atom stereocenters. The fourth-order valence-corrected chi connectivity index (χ4v) is 2.90. The van der Waals surface area contributed by atoms with Gasteiger partial charge in [0.1, 0.15) is 6.10 Å². The van der Waals surface area contributed by atoms with Crippen molar-refractivity contribution in [1.82, 2.24) is 5.32 Å². The molecule has 108 valence electrons. The van der Waals surface area contributed by atoms with Gasteiger partial charge in [-0.1, -0.05) is 49.4 Å². The molecule has 1 N–H and O–H groups in total. The summed E-state index contributed by atoms with van der Waals surface area (Å²) in [6, 6.07) is 17.5. The molecule has 0 bridgehead atoms. The van der Waals surface area contributed by atoms with Crippen molar-refractivity contribution >= 4 is 5.97 Å². The minimum Gasteiger partial charge on any atom is -0.452 e. The highest BCUT2D eigenvalue weighted by Crippen LogP contribution is 2.34. The van der Waals surface area contributed by atoms with E-state index in [-0.39, 0.29) is 18.1 Å². The van der Waals surface area contributed by atoms with Gasteiger partial charge >= 0.3 is 5.97 Å². The van der Waals surface area contributed by atoms with Crippen molar-refractivity contribution < 1.29 is 9.53 Å². The van der Waals surface area contributed by atoms with Crippen LogP contribution in [0.5, 0.6) is 0 Å². The number of esters is 1. The van der Waals surface area contributed by atoms with Gasteiger partial charge in [0.25, 0.3) is 0 Å². The second-order valence-electron chi connectivity index (χ2n) is 5.26. The SMILES string of the molecule is CCNC1Cc2ccccc2C1OC(=O)c1ccccc1. The molecule has 2 aromatic carbocycles. The summed E-state index contributed by atoms with van der Waals surface area (Å²) >= 11 is 0. The molecule has 0 saturated heterocycles. The maximum atomic E-state index is 12.3. The van der Waals surface area contributed by atoms with Crippen LogP contribution >= 0.6 is 0 Å². The Hall–Kier alpha value is -2.13. The Kier molecular flexibility index (Phi) is 4.02. The Morgan fingerprint density at radius 2 is 1.86 bits per heavy atom. The number of rotatable bonds is 4. The molecule has 3 heteroatoms. The molecule has 0 radical (unpaired) electrons. The first-order valence-corrected chi connectivity index (χ1v) is 7.37. The van der Waals surface area contributed by atoms with Crippen LogP contribution in [-0.4, -0.2) is 18.6 Å². The lowest BCUT2D eigenvalue weighted by Crippen LogP contribution is -2.34. The lowest BCUT2D eigenvalue weighted by atomic mass is 10.1. The largest absolute Gasteiger partial charge is 0.452 e. The van der Waals surface area contributed by atoms with E-state index in [0.29, 0.717) is 5.56 Å². The number of carbonyl (C=O) groups excluding carboxylic acids is 1. The summed E-state index contributed by atoms with van der Waals surface area (Å²) in [5.41, 5.74) is 2.97. The van der Waals surface area contributed by atoms with E-state index in [1.54, 1.807) is 12.1 Å². The first kappa shape index (κ1) is 13.8. The van der Waals surface area contributed by atoms with Crippen LogP contribution in [-0.2, 0) is 11.2 Å². The van der Waals surface area contributed by atoms with Gasteiger partial charge in [-0.3, -0.25) is 0 Å². The van der Waals surface area contributed by atoms with E-state index in [2.05, 4.69) is 24.4 Å². The third-order valence-electron chi connectivity index (χ3n) is 3.88. The highest BCUT2D eigenvalue weighted by molar-refractivity contribution is 5.89. The van der Waals surface area contributed by atoms with Crippen molar-refractivity contribution in [3.05, 3.63) is 71.3 Å². The van der Waals surface area contributed by atoms with Gasteiger partial charge in [-0.15, -0.1) is 0 Å². The first-order chi connectivity index (χ1) is 10.3. The normalized spacial score (nSPS) is 20.0. The number of likely N-dealkylation sites (N-methyl/N-ethyl adjacent to an activating group) is 1. The van der Waals surface area contributed by atoms with Crippen LogP contribution in [0, 0.1) is 0 Å².